The molecular weight excluding hydrogens is 351 g/mol. The molecule has 134 valence electrons. The van der Waals surface area contributed by atoms with Crippen LogP contribution >= 0.6 is 11.6 Å². The van der Waals surface area contributed by atoms with Crippen molar-refractivity contribution in [2.45, 2.75) is 25.3 Å². The fourth-order valence-corrected chi connectivity index (χ4v) is 4.00. The summed E-state index contributed by atoms with van der Waals surface area (Å²) in [6.45, 7) is 1.11. The molecule has 1 atom stereocenters. The van der Waals surface area contributed by atoms with E-state index in [0.29, 0.717) is 16.6 Å². The number of hydrogen-bond acceptors (Lipinski definition) is 2. The Morgan fingerprint density at radius 1 is 1.23 bits per heavy atom. The number of likely N-dealkylation sites (N-methyl/N-ethyl adjacent to an activating group) is 1. The Morgan fingerprint density at radius 3 is 2.69 bits per heavy atom. The molecule has 0 amide bonds. The van der Waals surface area contributed by atoms with Crippen LogP contribution in [0.15, 0.2) is 48.7 Å². The summed E-state index contributed by atoms with van der Waals surface area (Å²) in [5.41, 5.74) is 2.42. The number of carbonyl (C=O) groups excluding carboxylic acids is 1. The molecule has 0 unspecified atom stereocenters. The first kappa shape index (κ1) is 17.3. The molecule has 2 heterocycles. The highest BCUT2D eigenvalue weighted by Gasteiger charge is 2.24. The molecule has 1 fully saturated rings. The summed E-state index contributed by atoms with van der Waals surface area (Å²) in [6, 6.07) is 11.7. The lowest BCUT2D eigenvalue weighted by Gasteiger charge is -2.18. The van der Waals surface area contributed by atoms with Crippen LogP contribution in [0.1, 0.15) is 28.8 Å². The first-order valence-electron chi connectivity index (χ1n) is 8.83. The van der Waals surface area contributed by atoms with Gasteiger partial charge in [0.1, 0.15) is 5.82 Å². The second-order valence-electron chi connectivity index (χ2n) is 6.98. The monoisotopic (exact) mass is 370 g/mol. The highest BCUT2D eigenvalue weighted by molar-refractivity contribution is 6.31. The van der Waals surface area contributed by atoms with Crippen molar-refractivity contribution in [1.82, 2.24) is 9.47 Å². The number of halogens is 2. The Morgan fingerprint density at radius 2 is 2.00 bits per heavy atom. The van der Waals surface area contributed by atoms with Crippen molar-refractivity contribution >= 4 is 28.4 Å². The number of fused-ring (bicyclic) bond motifs is 1. The van der Waals surface area contributed by atoms with E-state index in [4.69, 9.17) is 11.6 Å². The van der Waals surface area contributed by atoms with Crippen molar-refractivity contribution in [3.63, 3.8) is 0 Å². The third-order valence-electron chi connectivity index (χ3n) is 5.29. The number of nitrogens with zero attached hydrogens (tertiary/aromatic N) is 2. The highest BCUT2D eigenvalue weighted by Crippen LogP contribution is 2.29. The van der Waals surface area contributed by atoms with Gasteiger partial charge < -0.3 is 4.90 Å². The Kier molecular flexibility index (Phi) is 4.55. The summed E-state index contributed by atoms with van der Waals surface area (Å²) in [6.07, 6.45) is 5.17. The lowest BCUT2D eigenvalue weighted by Crippen LogP contribution is -2.26. The van der Waals surface area contributed by atoms with Gasteiger partial charge in [0.05, 0.1) is 5.52 Å². The predicted octanol–water partition coefficient (Wildman–Crippen LogP) is 4.76. The molecule has 5 heteroatoms. The average molecular weight is 371 g/mol. The fourth-order valence-electron chi connectivity index (χ4n) is 3.82. The summed E-state index contributed by atoms with van der Waals surface area (Å²) < 4.78 is 14.8. The van der Waals surface area contributed by atoms with Crippen molar-refractivity contribution in [2.24, 2.45) is 0 Å². The van der Waals surface area contributed by atoms with Crippen LogP contribution in [-0.2, 0) is 6.42 Å². The SMILES string of the molecule is CN1CCC[C@@H]1Cc1cn(C(=O)c2ccc(F)cc2)c2ccc(Cl)cc12. The van der Waals surface area contributed by atoms with Gasteiger partial charge in [0.25, 0.3) is 5.91 Å². The third kappa shape index (κ3) is 3.15. The average Bonchev–Trinajstić information content (AvgIpc) is 3.19. The summed E-state index contributed by atoms with van der Waals surface area (Å²) in [4.78, 5) is 15.3. The first-order valence-corrected chi connectivity index (χ1v) is 9.21. The van der Waals surface area contributed by atoms with Gasteiger partial charge in [-0.1, -0.05) is 11.6 Å². The zero-order chi connectivity index (χ0) is 18.3. The molecule has 1 aliphatic heterocycles. The van der Waals surface area contributed by atoms with Gasteiger partial charge in [-0.05, 0) is 80.9 Å². The molecule has 0 saturated carbocycles. The van der Waals surface area contributed by atoms with E-state index in [1.165, 1.54) is 30.7 Å². The maximum Gasteiger partial charge on any atom is 0.262 e. The van der Waals surface area contributed by atoms with Gasteiger partial charge in [0.15, 0.2) is 0 Å². The minimum Gasteiger partial charge on any atom is -0.303 e. The first-order chi connectivity index (χ1) is 12.5. The topological polar surface area (TPSA) is 25.2 Å². The zero-order valence-corrected chi connectivity index (χ0v) is 15.3. The molecule has 0 bridgehead atoms. The van der Waals surface area contributed by atoms with Gasteiger partial charge in [-0.25, -0.2) is 4.39 Å². The van der Waals surface area contributed by atoms with Crippen molar-refractivity contribution < 1.29 is 9.18 Å². The largest absolute Gasteiger partial charge is 0.303 e. The van der Waals surface area contributed by atoms with Crippen LogP contribution in [0.25, 0.3) is 10.9 Å². The summed E-state index contributed by atoms with van der Waals surface area (Å²) in [7, 11) is 2.15. The van der Waals surface area contributed by atoms with Crippen LogP contribution in [0.2, 0.25) is 5.02 Å². The predicted molar refractivity (Wildman–Crippen MR) is 102 cm³/mol. The second kappa shape index (κ2) is 6.86. The number of likely N-dealkylation sites (tertiary alicyclic amines) is 1. The van der Waals surface area contributed by atoms with Crippen molar-refractivity contribution in [1.29, 1.82) is 0 Å². The number of carbonyl (C=O) groups is 1. The van der Waals surface area contributed by atoms with Crippen LogP contribution in [0, 0.1) is 5.82 Å². The second-order valence-corrected chi connectivity index (χ2v) is 7.42. The number of rotatable bonds is 3. The highest BCUT2D eigenvalue weighted by atomic mass is 35.5. The summed E-state index contributed by atoms with van der Waals surface area (Å²) >= 11 is 6.21. The molecule has 0 radical (unpaired) electrons. The Labute approximate surface area is 157 Å². The summed E-state index contributed by atoms with van der Waals surface area (Å²) in [5, 5.41) is 1.67. The molecule has 2 aromatic carbocycles. The molecule has 26 heavy (non-hydrogen) atoms. The van der Waals surface area contributed by atoms with Gasteiger partial charge in [0, 0.05) is 28.2 Å². The molecule has 0 aliphatic carbocycles. The molecule has 0 N–H and O–H groups in total. The lowest BCUT2D eigenvalue weighted by molar-refractivity contribution is 0.0964. The quantitative estimate of drug-likeness (QED) is 0.664. The van der Waals surface area contributed by atoms with E-state index >= 15 is 0 Å². The van der Waals surface area contributed by atoms with Crippen molar-refractivity contribution in [2.75, 3.05) is 13.6 Å². The molecule has 0 spiro atoms. The van der Waals surface area contributed by atoms with E-state index in [0.717, 1.165) is 35.9 Å². The Bertz CT molecular complexity index is 964. The van der Waals surface area contributed by atoms with E-state index in [2.05, 4.69) is 11.9 Å². The minimum atomic E-state index is -0.351. The molecule has 3 aromatic rings. The van der Waals surface area contributed by atoms with Gasteiger partial charge in [-0.2, -0.15) is 0 Å². The van der Waals surface area contributed by atoms with Gasteiger partial charge in [0.2, 0.25) is 0 Å². The molecule has 1 aliphatic rings. The van der Waals surface area contributed by atoms with Gasteiger partial charge in [-0.3, -0.25) is 9.36 Å². The van der Waals surface area contributed by atoms with E-state index in [1.807, 2.05) is 18.3 Å². The molecule has 3 nitrogen and oxygen atoms in total. The van der Waals surface area contributed by atoms with E-state index < -0.39 is 0 Å². The molecule has 4 rings (SSSR count). The Balaban J connectivity index is 1.77. The molecule has 1 saturated heterocycles. The fraction of sp³-hybridized carbons (Fsp3) is 0.286. The van der Waals surface area contributed by atoms with Crippen LogP contribution in [0.5, 0.6) is 0 Å². The Hall–Kier alpha value is -2.17. The van der Waals surface area contributed by atoms with Gasteiger partial charge >= 0.3 is 0 Å². The van der Waals surface area contributed by atoms with E-state index in [-0.39, 0.29) is 11.7 Å². The number of hydrogen-bond donors (Lipinski definition) is 0. The maximum absolute atomic E-state index is 13.2. The lowest BCUT2D eigenvalue weighted by atomic mass is 10.0. The standard InChI is InChI=1S/C21H20ClFN2O/c1-24-10-2-3-18(24)11-15-13-25(20-9-6-16(22)12-19(15)20)21(26)14-4-7-17(23)8-5-14/h4-9,12-13,18H,2-3,10-11H2,1H3/t18-/m1/s1. The van der Waals surface area contributed by atoms with Crippen LogP contribution in [-0.4, -0.2) is 35.0 Å². The third-order valence-corrected chi connectivity index (χ3v) is 5.52. The molecular formula is C21H20ClFN2O. The van der Waals surface area contributed by atoms with Crippen LogP contribution in [0.4, 0.5) is 4.39 Å². The number of benzene rings is 2. The maximum atomic E-state index is 13.2. The van der Waals surface area contributed by atoms with Crippen LogP contribution < -0.4 is 0 Å². The van der Waals surface area contributed by atoms with E-state index in [1.54, 1.807) is 10.6 Å². The summed E-state index contributed by atoms with van der Waals surface area (Å²) in [5.74, 6) is -0.515. The molecule has 1 aromatic heterocycles. The van der Waals surface area contributed by atoms with Crippen molar-refractivity contribution in [3.8, 4) is 0 Å². The van der Waals surface area contributed by atoms with Crippen molar-refractivity contribution in [3.05, 3.63) is 70.6 Å². The van der Waals surface area contributed by atoms with E-state index in [9.17, 15) is 9.18 Å². The van der Waals surface area contributed by atoms with Crippen LogP contribution in [0.3, 0.4) is 0 Å². The number of aromatic nitrogens is 1. The minimum absolute atomic E-state index is 0.164. The van der Waals surface area contributed by atoms with Gasteiger partial charge in [-0.15, -0.1) is 0 Å². The zero-order valence-electron chi connectivity index (χ0n) is 14.6. The smallest absolute Gasteiger partial charge is 0.262 e. The normalized spacial score (nSPS) is 17.9.